The SMILES string of the molecule is C[C@@H]1CCCN1Cc1sc(CC(=O)c2cnc(N3CCC(F)(C(=O)O)CC3)cn2)nc1-c1cc(F)cc(C(F)(F)F)c1. The van der Waals surface area contributed by atoms with Crippen molar-refractivity contribution >= 4 is 28.9 Å². The van der Waals surface area contributed by atoms with Crippen molar-refractivity contribution in [3.63, 3.8) is 0 Å². The third kappa shape index (κ3) is 6.43. The molecule has 0 saturated carbocycles. The van der Waals surface area contributed by atoms with Crippen LogP contribution in [-0.2, 0) is 23.9 Å². The summed E-state index contributed by atoms with van der Waals surface area (Å²) in [4.78, 5) is 41.6. The van der Waals surface area contributed by atoms with Gasteiger partial charge in [0.05, 0.1) is 30.1 Å². The smallest absolute Gasteiger partial charge is 0.416 e. The van der Waals surface area contributed by atoms with Crippen LogP contribution < -0.4 is 4.90 Å². The zero-order valence-electron chi connectivity index (χ0n) is 22.6. The summed E-state index contributed by atoms with van der Waals surface area (Å²) >= 11 is 1.20. The van der Waals surface area contributed by atoms with Gasteiger partial charge in [-0.05, 0) is 44.5 Å². The lowest BCUT2D eigenvalue weighted by atomic mass is 9.93. The van der Waals surface area contributed by atoms with Gasteiger partial charge in [0.2, 0.25) is 5.67 Å². The molecule has 224 valence electrons. The molecule has 42 heavy (non-hydrogen) atoms. The maximum atomic E-state index is 14.3. The Labute approximate surface area is 242 Å². The van der Waals surface area contributed by atoms with Crippen LogP contribution in [-0.4, -0.2) is 68.1 Å². The predicted octanol–water partition coefficient (Wildman–Crippen LogP) is 5.56. The first kappa shape index (κ1) is 30.0. The Bertz CT molecular complexity index is 1470. The molecule has 1 aromatic carbocycles. The van der Waals surface area contributed by atoms with Crippen LogP contribution in [0.3, 0.4) is 0 Å². The van der Waals surface area contributed by atoms with Crippen LogP contribution in [0, 0.1) is 5.82 Å². The molecule has 1 atom stereocenters. The van der Waals surface area contributed by atoms with Crippen LogP contribution in [0.4, 0.5) is 27.8 Å². The number of nitrogens with zero attached hydrogens (tertiary/aromatic N) is 5. The van der Waals surface area contributed by atoms with E-state index in [1.807, 2.05) is 0 Å². The second kappa shape index (κ2) is 11.6. The van der Waals surface area contributed by atoms with Crippen molar-refractivity contribution in [1.29, 1.82) is 0 Å². The predicted molar refractivity (Wildman–Crippen MR) is 145 cm³/mol. The lowest BCUT2D eigenvalue weighted by molar-refractivity contribution is -0.152. The standard InChI is InChI=1S/C28H28F5N5O3S/c1-16-3-2-6-38(16)15-22-25(17-9-18(28(31,32)33)11-19(29)10-17)36-24(42-22)12-21(39)20-13-35-23(14-34-20)37-7-4-27(30,5-8-37)26(40)41/h9-11,13-14,16H,2-8,12,15H2,1H3,(H,40,41)/t16-/m1/s1. The van der Waals surface area contributed by atoms with Gasteiger partial charge in [0.25, 0.3) is 0 Å². The average molecular weight is 610 g/mol. The molecule has 3 aromatic rings. The maximum Gasteiger partial charge on any atom is 0.416 e. The number of likely N-dealkylation sites (tertiary alicyclic amines) is 1. The molecule has 1 N–H and O–H groups in total. The average Bonchev–Trinajstić information content (AvgIpc) is 3.53. The fourth-order valence-corrected chi connectivity index (χ4v) is 6.39. The second-order valence-electron chi connectivity index (χ2n) is 10.7. The zero-order chi connectivity index (χ0) is 30.2. The van der Waals surface area contributed by atoms with Crippen molar-refractivity contribution in [2.45, 2.75) is 63.5 Å². The molecule has 0 bridgehead atoms. The minimum atomic E-state index is -4.74. The second-order valence-corrected chi connectivity index (χ2v) is 11.9. The Hall–Kier alpha value is -3.52. The van der Waals surface area contributed by atoms with Crippen LogP contribution in [0.5, 0.6) is 0 Å². The number of Topliss-reactive ketones (excluding diaryl/α,β-unsaturated/α-hetero) is 1. The van der Waals surface area contributed by atoms with Gasteiger partial charge in [-0.25, -0.2) is 28.5 Å². The topological polar surface area (TPSA) is 99.5 Å². The Kier molecular flexibility index (Phi) is 8.30. The van der Waals surface area contributed by atoms with E-state index in [9.17, 15) is 31.5 Å². The quantitative estimate of drug-likeness (QED) is 0.262. The largest absolute Gasteiger partial charge is 0.479 e. The molecule has 2 fully saturated rings. The fraction of sp³-hybridized carbons (Fsp3) is 0.464. The Morgan fingerprint density at radius 2 is 1.86 bits per heavy atom. The Morgan fingerprint density at radius 3 is 2.45 bits per heavy atom. The van der Waals surface area contributed by atoms with Crippen molar-refractivity contribution in [3.05, 3.63) is 57.6 Å². The lowest BCUT2D eigenvalue weighted by Gasteiger charge is -2.34. The number of aromatic nitrogens is 3. The van der Waals surface area contributed by atoms with Crippen LogP contribution in [0.1, 0.15) is 58.5 Å². The number of aliphatic carboxylic acids is 1. The highest BCUT2D eigenvalue weighted by atomic mass is 32.1. The molecule has 14 heteroatoms. The third-order valence-electron chi connectivity index (χ3n) is 7.78. The number of anilines is 1. The normalized spacial score (nSPS) is 19.3. The number of piperidine rings is 1. The van der Waals surface area contributed by atoms with Crippen molar-refractivity contribution in [2.75, 3.05) is 24.5 Å². The Balaban J connectivity index is 1.36. The zero-order valence-corrected chi connectivity index (χ0v) is 23.4. The summed E-state index contributed by atoms with van der Waals surface area (Å²) in [6.07, 6.45) is -0.726. The summed E-state index contributed by atoms with van der Waals surface area (Å²) in [6, 6.07) is 2.59. The lowest BCUT2D eigenvalue weighted by Crippen LogP contribution is -2.46. The first-order valence-corrected chi connectivity index (χ1v) is 14.3. The summed E-state index contributed by atoms with van der Waals surface area (Å²) in [6.45, 7) is 3.54. The molecule has 2 aliphatic rings. The number of carboxylic acids is 1. The van der Waals surface area contributed by atoms with Crippen LogP contribution in [0.15, 0.2) is 30.6 Å². The molecule has 0 spiro atoms. The van der Waals surface area contributed by atoms with Gasteiger partial charge < -0.3 is 10.0 Å². The van der Waals surface area contributed by atoms with E-state index in [0.717, 1.165) is 31.5 Å². The van der Waals surface area contributed by atoms with E-state index in [1.165, 1.54) is 23.7 Å². The Morgan fingerprint density at radius 1 is 1.12 bits per heavy atom. The fourth-order valence-electron chi connectivity index (χ4n) is 5.27. The van der Waals surface area contributed by atoms with E-state index in [2.05, 4.69) is 26.8 Å². The van der Waals surface area contributed by atoms with Crippen molar-refractivity contribution in [3.8, 4) is 11.3 Å². The van der Waals surface area contributed by atoms with Crippen molar-refractivity contribution in [1.82, 2.24) is 19.9 Å². The van der Waals surface area contributed by atoms with Gasteiger partial charge >= 0.3 is 12.1 Å². The van der Waals surface area contributed by atoms with Gasteiger partial charge in [-0.1, -0.05) is 0 Å². The third-order valence-corrected chi connectivity index (χ3v) is 8.82. The molecule has 4 heterocycles. The molecule has 0 radical (unpaired) electrons. The van der Waals surface area contributed by atoms with Gasteiger partial charge in [0.15, 0.2) is 5.78 Å². The molecule has 0 amide bonds. The number of halogens is 5. The molecular formula is C28H28F5N5O3S. The maximum absolute atomic E-state index is 14.3. The van der Waals surface area contributed by atoms with E-state index in [4.69, 9.17) is 5.11 Å². The molecule has 2 aromatic heterocycles. The van der Waals surface area contributed by atoms with Gasteiger partial charge in [0.1, 0.15) is 22.3 Å². The van der Waals surface area contributed by atoms with E-state index < -0.39 is 35.0 Å². The van der Waals surface area contributed by atoms with Gasteiger partial charge in [-0.2, -0.15) is 13.2 Å². The van der Waals surface area contributed by atoms with E-state index in [1.54, 1.807) is 4.90 Å². The van der Waals surface area contributed by atoms with Crippen LogP contribution >= 0.6 is 11.3 Å². The van der Waals surface area contributed by atoms with Gasteiger partial charge in [0, 0.05) is 49.0 Å². The number of carboxylic acid groups (broad SMARTS) is 1. The van der Waals surface area contributed by atoms with Crippen molar-refractivity contribution < 1.29 is 36.6 Å². The summed E-state index contributed by atoms with van der Waals surface area (Å²) in [5.74, 6) is -2.56. The van der Waals surface area contributed by atoms with Gasteiger partial charge in [-0.3, -0.25) is 9.69 Å². The molecule has 2 saturated heterocycles. The molecule has 0 unspecified atom stereocenters. The van der Waals surface area contributed by atoms with Crippen molar-refractivity contribution in [2.24, 2.45) is 0 Å². The molecular weight excluding hydrogens is 581 g/mol. The van der Waals surface area contributed by atoms with Crippen LogP contribution in [0.25, 0.3) is 11.3 Å². The number of hydrogen-bond acceptors (Lipinski definition) is 8. The highest BCUT2D eigenvalue weighted by Gasteiger charge is 2.42. The number of rotatable bonds is 8. The highest BCUT2D eigenvalue weighted by Crippen LogP contribution is 2.37. The molecule has 0 aliphatic carbocycles. The minimum absolute atomic E-state index is 0.00926. The summed E-state index contributed by atoms with van der Waals surface area (Å²) in [7, 11) is 0. The first-order chi connectivity index (χ1) is 19.8. The number of alkyl halides is 4. The number of ketones is 1. The summed E-state index contributed by atoms with van der Waals surface area (Å²) < 4.78 is 68.9. The van der Waals surface area contributed by atoms with Crippen LogP contribution in [0.2, 0.25) is 0 Å². The van der Waals surface area contributed by atoms with E-state index in [0.29, 0.717) is 28.3 Å². The highest BCUT2D eigenvalue weighted by molar-refractivity contribution is 7.12. The summed E-state index contributed by atoms with van der Waals surface area (Å²) in [5.41, 5.74) is -3.16. The number of carbonyl (C=O) groups excluding carboxylic acids is 1. The molecule has 5 rings (SSSR count). The van der Waals surface area contributed by atoms with E-state index >= 15 is 0 Å². The molecule has 8 nitrogen and oxygen atoms in total. The minimum Gasteiger partial charge on any atom is -0.479 e. The summed E-state index contributed by atoms with van der Waals surface area (Å²) in [5, 5.41) is 9.42. The van der Waals surface area contributed by atoms with E-state index in [-0.39, 0.29) is 55.3 Å². The monoisotopic (exact) mass is 609 g/mol. The number of benzene rings is 1. The molecule has 2 aliphatic heterocycles. The first-order valence-electron chi connectivity index (χ1n) is 13.5. The number of thiazole rings is 1. The number of hydrogen-bond donors (Lipinski definition) is 1. The van der Waals surface area contributed by atoms with Gasteiger partial charge in [-0.15, -0.1) is 11.3 Å². The number of carbonyl (C=O) groups is 2.